The SMILES string of the molecule is Cc1ccccc1-n1c(SCC#N)nc2sc(-c3ccccc3)cc2c1=O. The van der Waals surface area contributed by atoms with Crippen molar-refractivity contribution in [2.45, 2.75) is 12.1 Å². The summed E-state index contributed by atoms with van der Waals surface area (Å²) in [6.07, 6.45) is 0. The van der Waals surface area contributed by atoms with Gasteiger partial charge in [-0.05, 0) is 30.2 Å². The molecule has 2 aromatic carbocycles. The summed E-state index contributed by atoms with van der Waals surface area (Å²) in [6, 6.07) is 21.7. The number of fused-ring (bicyclic) bond motifs is 1. The zero-order valence-electron chi connectivity index (χ0n) is 14.5. The summed E-state index contributed by atoms with van der Waals surface area (Å²) in [4.78, 5) is 19.8. The average molecular weight is 390 g/mol. The fourth-order valence-corrected chi connectivity index (χ4v) is 4.67. The number of thioether (sulfide) groups is 1. The van der Waals surface area contributed by atoms with Crippen LogP contribution in [0.4, 0.5) is 0 Å². The summed E-state index contributed by atoms with van der Waals surface area (Å²) in [5.41, 5.74) is 2.74. The van der Waals surface area contributed by atoms with Crippen LogP contribution in [-0.2, 0) is 0 Å². The lowest BCUT2D eigenvalue weighted by Gasteiger charge is -2.13. The van der Waals surface area contributed by atoms with Crippen LogP contribution in [0.5, 0.6) is 0 Å². The molecule has 0 radical (unpaired) electrons. The largest absolute Gasteiger partial charge is 0.268 e. The minimum Gasteiger partial charge on any atom is -0.268 e. The van der Waals surface area contributed by atoms with E-state index in [1.165, 1.54) is 23.1 Å². The maximum absolute atomic E-state index is 13.3. The Morgan fingerprint density at radius 2 is 1.89 bits per heavy atom. The second-order valence-electron chi connectivity index (χ2n) is 5.96. The lowest BCUT2D eigenvalue weighted by atomic mass is 10.2. The first-order valence-corrected chi connectivity index (χ1v) is 10.2. The van der Waals surface area contributed by atoms with Crippen LogP contribution in [0.15, 0.2) is 70.6 Å². The molecule has 0 bridgehead atoms. The minimum absolute atomic E-state index is 0.104. The van der Waals surface area contributed by atoms with Gasteiger partial charge in [0.25, 0.3) is 5.56 Å². The monoisotopic (exact) mass is 389 g/mol. The standard InChI is InChI=1S/C21H15N3OS2/c1-14-7-5-6-10-17(14)24-20(25)16-13-18(15-8-3-2-4-9-15)27-19(16)23-21(24)26-12-11-22/h2-10,13H,12H2,1H3. The van der Waals surface area contributed by atoms with Crippen molar-refractivity contribution in [2.75, 3.05) is 5.75 Å². The normalized spacial score (nSPS) is 10.8. The number of nitrogens with zero attached hydrogens (tertiary/aromatic N) is 3. The highest BCUT2D eigenvalue weighted by Crippen LogP contribution is 2.32. The third kappa shape index (κ3) is 3.27. The van der Waals surface area contributed by atoms with Crippen molar-refractivity contribution in [3.8, 4) is 22.2 Å². The van der Waals surface area contributed by atoms with Gasteiger partial charge in [-0.3, -0.25) is 9.36 Å². The van der Waals surface area contributed by atoms with E-state index in [2.05, 4.69) is 6.07 Å². The Morgan fingerprint density at radius 3 is 2.63 bits per heavy atom. The van der Waals surface area contributed by atoms with Crippen molar-refractivity contribution < 1.29 is 0 Å². The maximum atomic E-state index is 13.3. The molecule has 0 amide bonds. The summed E-state index contributed by atoms with van der Waals surface area (Å²) in [5.74, 6) is 0.237. The number of para-hydroxylation sites is 1. The van der Waals surface area contributed by atoms with E-state index >= 15 is 0 Å². The summed E-state index contributed by atoms with van der Waals surface area (Å²) < 4.78 is 1.63. The van der Waals surface area contributed by atoms with E-state index in [0.29, 0.717) is 15.4 Å². The average Bonchev–Trinajstić information content (AvgIpc) is 3.13. The van der Waals surface area contributed by atoms with Gasteiger partial charge in [0.2, 0.25) is 0 Å². The number of aryl methyl sites for hydroxylation is 1. The van der Waals surface area contributed by atoms with Gasteiger partial charge in [0, 0.05) is 4.88 Å². The van der Waals surface area contributed by atoms with E-state index < -0.39 is 0 Å². The first-order valence-electron chi connectivity index (χ1n) is 8.37. The molecule has 2 aromatic heterocycles. The molecule has 0 saturated heterocycles. The molecule has 6 heteroatoms. The minimum atomic E-state index is -0.104. The van der Waals surface area contributed by atoms with Crippen LogP contribution in [0, 0.1) is 18.3 Å². The van der Waals surface area contributed by atoms with Crippen molar-refractivity contribution in [3.05, 3.63) is 76.6 Å². The first-order chi connectivity index (χ1) is 13.2. The van der Waals surface area contributed by atoms with Gasteiger partial charge in [-0.15, -0.1) is 11.3 Å². The second kappa shape index (κ2) is 7.39. The number of hydrogen-bond donors (Lipinski definition) is 0. The molecular formula is C21H15N3OS2. The van der Waals surface area contributed by atoms with Crippen LogP contribution in [-0.4, -0.2) is 15.3 Å². The zero-order chi connectivity index (χ0) is 18.8. The number of hydrogen-bond acceptors (Lipinski definition) is 5. The van der Waals surface area contributed by atoms with Crippen LogP contribution >= 0.6 is 23.1 Å². The molecule has 0 aliphatic rings. The van der Waals surface area contributed by atoms with Gasteiger partial charge in [-0.2, -0.15) is 5.26 Å². The van der Waals surface area contributed by atoms with Gasteiger partial charge in [0.15, 0.2) is 5.16 Å². The van der Waals surface area contributed by atoms with Crippen molar-refractivity contribution in [1.29, 1.82) is 5.26 Å². The van der Waals surface area contributed by atoms with E-state index in [-0.39, 0.29) is 11.3 Å². The molecule has 0 spiro atoms. The van der Waals surface area contributed by atoms with Gasteiger partial charge in [0.05, 0.1) is 22.9 Å². The summed E-state index contributed by atoms with van der Waals surface area (Å²) >= 11 is 2.78. The molecule has 0 aliphatic carbocycles. The van der Waals surface area contributed by atoms with Crippen molar-refractivity contribution in [3.63, 3.8) is 0 Å². The van der Waals surface area contributed by atoms with Crippen LogP contribution in [0.1, 0.15) is 5.56 Å². The van der Waals surface area contributed by atoms with Gasteiger partial charge in [0.1, 0.15) is 4.83 Å². The highest BCUT2D eigenvalue weighted by Gasteiger charge is 2.17. The number of nitriles is 1. The van der Waals surface area contributed by atoms with Crippen molar-refractivity contribution in [2.24, 2.45) is 0 Å². The quantitative estimate of drug-likeness (QED) is 0.362. The highest BCUT2D eigenvalue weighted by molar-refractivity contribution is 7.99. The van der Waals surface area contributed by atoms with Gasteiger partial charge in [-0.25, -0.2) is 4.98 Å². The van der Waals surface area contributed by atoms with E-state index in [0.717, 1.165) is 21.7 Å². The van der Waals surface area contributed by atoms with Gasteiger partial charge in [-0.1, -0.05) is 60.3 Å². The summed E-state index contributed by atoms with van der Waals surface area (Å²) in [7, 11) is 0. The van der Waals surface area contributed by atoms with E-state index in [1.807, 2.05) is 67.6 Å². The Kier molecular flexibility index (Phi) is 4.80. The van der Waals surface area contributed by atoms with Gasteiger partial charge >= 0.3 is 0 Å². The Morgan fingerprint density at radius 1 is 1.15 bits per heavy atom. The van der Waals surface area contributed by atoms with E-state index in [9.17, 15) is 4.79 Å². The number of thiophene rings is 1. The Hall–Kier alpha value is -2.88. The van der Waals surface area contributed by atoms with Gasteiger partial charge < -0.3 is 0 Å². The molecule has 0 aliphatic heterocycles. The molecule has 0 unspecified atom stereocenters. The molecule has 132 valence electrons. The van der Waals surface area contributed by atoms with E-state index in [1.54, 1.807) is 4.57 Å². The molecule has 0 saturated carbocycles. The van der Waals surface area contributed by atoms with E-state index in [4.69, 9.17) is 10.2 Å². The fraction of sp³-hybridized carbons (Fsp3) is 0.0952. The topological polar surface area (TPSA) is 58.7 Å². The summed E-state index contributed by atoms with van der Waals surface area (Å²) in [6.45, 7) is 1.97. The lowest BCUT2D eigenvalue weighted by molar-refractivity contribution is 0.818. The third-order valence-corrected chi connectivity index (χ3v) is 6.10. The third-order valence-electron chi connectivity index (χ3n) is 4.21. The molecule has 2 heterocycles. The number of rotatable bonds is 4. The molecule has 27 heavy (non-hydrogen) atoms. The van der Waals surface area contributed by atoms with Crippen LogP contribution < -0.4 is 5.56 Å². The smallest absolute Gasteiger partial charge is 0.267 e. The Balaban J connectivity index is 1.98. The molecule has 4 rings (SSSR count). The molecular weight excluding hydrogens is 374 g/mol. The Labute approximate surface area is 164 Å². The summed E-state index contributed by atoms with van der Waals surface area (Å²) in [5, 5.41) is 10.1. The van der Waals surface area contributed by atoms with Crippen LogP contribution in [0.2, 0.25) is 0 Å². The molecule has 0 N–H and O–H groups in total. The first kappa shape index (κ1) is 17.5. The zero-order valence-corrected chi connectivity index (χ0v) is 16.2. The lowest BCUT2D eigenvalue weighted by Crippen LogP contribution is -2.21. The van der Waals surface area contributed by atoms with Crippen LogP contribution in [0.3, 0.4) is 0 Å². The predicted octanol–water partition coefficient (Wildman–Crippen LogP) is 5.04. The molecule has 4 aromatic rings. The van der Waals surface area contributed by atoms with Crippen molar-refractivity contribution >= 4 is 33.3 Å². The fourth-order valence-electron chi connectivity index (χ4n) is 2.93. The Bertz CT molecular complexity index is 1220. The molecule has 4 nitrogen and oxygen atoms in total. The number of benzene rings is 2. The van der Waals surface area contributed by atoms with Crippen LogP contribution in [0.25, 0.3) is 26.3 Å². The number of aromatic nitrogens is 2. The van der Waals surface area contributed by atoms with Crippen molar-refractivity contribution in [1.82, 2.24) is 9.55 Å². The molecule has 0 atom stereocenters. The second-order valence-corrected chi connectivity index (χ2v) is 7.94. The highest BCUT2D eigenvalue weighted by atomic mass is 32.2. The predicted molar refractivity (Wildman–Crippen MR) is 112 cm³/mol. The maximum Gasteiger partial charge on any atom is 0.267 e. The molecule has 0 fully saturated rings.